The standard InChI is InChI=1S/C15H17ClN2O2S/c1-15(20-2,11-5-3-6-12(16)9-11)10-17-14(19)18-13-7-4-8-21-13/h3-9H,10H2,1-2H3,(H2,17,18,19)/t15-/m1/s1. The molecule has 0 unspecified atom stereocenters. The molecule has 0 fully saturated rings. The summed E-state index contributed by atoms with van der Waals surface area (Å²) in [6.07, 6.45) is 0. The SMILES string of the molecule is CO[C@](C)(CNC(=O)Nc1cccs1)c1cccc(Cl)c1. The van der Waals surface area contributed by atoms with Gasteiger partial charge in [-0.25, -0.2) is 4.79 Å². The summed E-state index contributed by atoms with van der Waals surface area (Å²) in [5, 5.41) is 8.93. The third kappa shape index (κ3) is 4.20. The monoisotopic (exact) mass is 324 g/mol. The molecule has 0 aliphatic heterocycles. The van der Waals surface area contributed by atoms with E-state index in [2.05, 4.69) is 10.6 Å². The van der Waals surface area contributed by atoms with Crippen molar-refractivity contribution >= 4 is 34.0 Å². The Morgan fingerprint density at radius 1 is 1.38 bits per heavy atom. The number of methoxy groups -OCH3 is 1. The molecular formula is C15H17ClN2O2S. The second-order valence-corrected chi connectivity index (χ2v) is 6.11. The van der Waals surface area contributed by atoms with Crippen molar-refractivity contribution in [3.63, 3.8) is 0 Å². The smallest absolute Gasteiger partial charge is 0.319 e. The molecule has 21 heavy (non-hydrogen) atoms. The molecule has 1 aromatic heterocycles. The van der Waals surface area contributed by atoms with Gasteiger partial charge in [0.2, 0.25) is 0 Å². The molecule has 2 amide bonds. The highest BCUT2D eigenvalue weighted by molar-refractivity contribution is 7.14. The van der Waals surface area contributed by atoms with Gasteiger partial charge in [0.1, 0.15) is 5.60 Å². The van der Waals surface area contributed by atoms with Gasteiger partial charge in [-0.3, -0.25) is 5.32 Å². The topological polar surface area (TPSA) is 50.4 Å². The largest absolute Gasteiger partial charge is 0.372 e. The van der Waals surface area contributed by atoms with Gasteiger partial charge in [0.15, 0.2) is 0 Å². The lowest BCUT2D eigenvalue weighted by Crippen LogP contribution is -2.41. The maximum Gasteiger partial charge on any atom is 0.319 e. The predicted octanol–water partition coefficient (Wildman–Crippen LogP) is 4.08. The number of ether oxygens (including phenoxy) is 1. The molecule has 0 saturated heterocycles. The van der Waals surface area contributed by atoms with E-state index in [1.54, 1.807) is 13.2 Å². The number of amides is 2. The van der Waals surface area contributed by atoms with E-state index >= 15 is 0 Å². The van der Waals surface area contributed by atoms with Crippen molar-refractivity contribution in [2.45, 2.75) is 12.5 Å². The fourth-order valence-corrected chi connectivity index (χ4v) is 2.67. The van der Waals surface area contributed by atoms with Crippen LogP contribution in [0.5, 0.6) is 0 Å². The van der Waals surface area contributed by atoms with Crippen LogP contribution in [0.3, 0.4) is 0 Å². The van der Waals surface area contributed by atoms with Gasteiger partial charge < -0.3 is 10.1 Å². The molecule has 0 radical (unpaired) electrons. The Morgan fingerprint density at radius 2 is 2.19 bits per heavy atom. The molecule has 1 heterocycles. The van der Waals surface area contributed by atoms with Crippen molar-refractivity contribution in [1.82, 2.24) is 5.32 Å². The first kappa shape index (κ1) is 15.8. The van der Waals surface area contributed by atoms with Crippen molar-refractivity contribution in [3.8, 4) is 0 Å². The zero-order valence-corrected chi connectivity index (χ0v) is 13.4. The maximum atomic E-state index is 11.9. The first-order valence-corrected chi connectivity index (χ1v) is 7.69. The molecule has 0 saturated carbocycles. The van der Waals surface area contributed by atoms with E-state index in [-0.39, 0.29) is 6.03 Å². The Hall–Kier alpha value is -1.56. The number of benzene rings is 1. The Bertz CT molecular complexity index is 603. The van der Waals surface area contributed by atoms with Gasteiger partial charge in [-0.05, 0) is 42.1 Å². The summed E-state index contributed by atoms with van der Waals surface area (Å²) in [5.74, 6) is 0. The molecule has 6 heteroatoms. The van der Waals surface area contributed by atoms with E-state index in [4.69, 9.17) is 16.3 Å². The van der Waals surface area contributed by atoms with Gasteiger partial charge in [-0.2, -0.15) is 0 Å². The number of anilines is 1. The average molecular weight is 325 g/mol. The quantitative estimate of drug-likeness (QED) is 0.870. The average Bonchev–Trinajstić information content (AvgIpc) is 2.97. The van der Waals surface area contributed by atoms with Crippen molar-refractivity contribution in [2.24, 2.45) is 0 Å². The number of urea groups is 1. The third-order valence-electron chi connectivity index (χ3n) is 3.23. The van der Waals surface area contributed by atoms with E-state index in [9.17, 15) is 4.79 Å². The molecule has 4 nitrogen and oxygen atoms in total. The first-order valence-electron chi connectivity index (χ1n) is 6.43. The summed E-state index contributed by atoms with van der Waals surface area (Å²) in [6.45, 7) is 2.24. The normalized spacial score (nSPS) is 13.5. The molecule has 2 rings (SSSR count). The van der Waals surface area contributed by atoms with E-state index in [1.165, 1.54) is 11.3 Å². The van der Waals surface area contributed by atoms with Crippen molar-refractivity contribution in [3.05, 3.63) is 52.4 Å². The van der Waals surface area contributed by atoms with Crippen LogP contribution in [0, 0.1) is 0 Å². The summed E-state index contributed by atoms with van der Waals surface area (Å²) in [6, 6.07) is 10.9. The van der Waals surface area contributed by atoms with E-state index in [1.807, 2.05) is 42.6 Å². The number of nitrogens with one attached hydrogen (secondary N) is 2. The number of carbonyl (C=O) groups excluding carboxylic acids is 1. The van der Waals surface area contributed by atoms with E-state index < -0.39 is 5.60 Å². The summed E-state index contributed by atoms with van der Waals surface area (Å²) < 4.78 is 5.57. The zero-order valence-electron chi connectivity index (χ0n) is 11.9. The number of hydrogen-bond acceptors (Lipinski definition) is 3. The third-order valence-corrected chi connectivity index (χ3v) is 4.25. The summed E-state index contributed by atoms with van der Waals surface area (Å²) in [4.78, 5) is 11.9. The van der Waals surface area contributed by atoms with Crippen LogP contribution in [0.15, 0.2) is 41.8 Å². The van der Waals surface area contributed by atoms with Crippen LogP contribution < -0.4 is 10.6 Å². The van der Waals surface area contributed by atoms with Crippen LogP contribution >= 0.6 is 22.9 Å². The highest BCUT2D eigenvalue weighted by Gasteiger charge is 2.27. The van der Waals surface area contributed by atoms with E-state index in [0.29, 0.717) is 11.6 Å². The molecule has 0 bridgehead atoms. The number of hydrogen-bond donors (Lipinski definition) is 2. The minimum Gasteiger partial charge on any atom is -0.372 e. The maximum absolute atomic E-state index is 11.9. The molecule has 0 spiro atoms. The van der Waals surface area contributed by atoms with Crippen LogP contribution in [0.25, 0.3) is 0 Å². The first-order chi connectivity index (χ1) is 10.0. The molecule has 1 atom stereocenters. The molecule has 0 aliphatic rings. The highest BCUT2D eigenvalue weighted by atomic mass is 35.5. The van der Waals surface area contributed by atoms with Crippen LogP contribution in [-0.4, -0.2) is 19.7 Å². The van der Waals surface area contributed by atoms with Gasteiger partial charge in [0.05, 0.1) is 11.5 Å². The summed E-state index contributed by atoms with van der Waals surface area (Å²) >= 11 is 7.48. The van der Waals surface area contributed by atoms with Crippen LogP contribution in [-0.2, 0) is 10.3 Å². The van der Waals surface area contributed by atoms with Gasteiger partial charge in [-0.15, -0.1) is 11.3 Å². The Balaban J connectivity index is 2.00. The van der Waals surface area contributed by atoms with E-state index in [0.717, 1.165) is 10.6 Å². The lowest BCUT2D eigenvalue weighted by Gasteiger charge is -2.29. The molecule has 0 aliphatic carbocycles. The van der Waals surface area contributed by atoms with Crippen LogP contribution in [0.4, 0.5) is 9.80 Å². The second-order valence-electron chi connectivity index (χ2n) is 4.73. The number of halogens is 1. The Labute approximate surface area is 133 Å². The number of carbonyl (C=O) groups is 1. The second kappa shape index (κ2) is 6.93. The molecule has 112 valence electrons. The van der Waals surface area contributed by atoms with Crippen molar-refractivity contribution < 1.29 is 9.53 Å². The molecule has 2 aromatic rings. The molecular weight excluding hydrogens is 308 g/mol. The lowest BCUT2D eigenvalue weighted by molar-refractivity contribution is 0.00521. The van der Waals surface area contributed by atoms with Gasteiger partial charge in [0.25, 0.3) is 0 Å². The summed E-state index contributed by atoms with van der Waals surface area (Å²) in [5.41, 5.74) is 0.270. The predicted molar refractivity (Wildman–Crippen MR) is 87.2 cm³/mol. The van der Waals surface area contributed by atoms with Crippen molar-refractivity contribution in [1.29, 1.82) is 0 Å². The molecule has 1 aromatic carbocycles. The van der Waals surface area contributed by atoms with Gasteiger partial charge >= 0.3 is 6.03 Å². The Kier molecular flexibility index (Phi) is 5.22. The number of rotatable bonds is 5. The van der Waals surface area contributed by atoms with Gasteiger partial charge in [0, 0.05) is 12.1 Å². The van der Waals surface area contributed by atoms with Crippen molar-refractivity contribution in [2.75, 3.05) is 19.0 Å². The fraction of sp³-hybridized carbons (Fsp3) is 0.267. The van der Waals surface area contributed by atoms with Crippen LogP contribution in [0.2, 0.25) is 5.02 Å². The number of thiophene rings is 1. The fourth-order valence-electron chi connectivity index (χ4n) is 1.86. The van der Waals surface area contributed by atoms with Gasteiger partial charge in [-0.1, -0.05) is 23.7 Å². The van der Waals surface area contributed by atoms with Crippen LogP contribution in [0.1, 0.15) is 12.5 Å². The lowest BCUT2D eigenvalue weighted by atomic mass is 9.96. The Morgan fingerprint density at radius 3 is 2.81 bits per heavy atom. The minimum absolute atomic E-state index is 0.261. The molecule has 2 N–H and O–H groups in total. The summed E-state index contributed by atoms with van der Waals surface area (Å²) in [7, 11) is 1.61. The zero-order chi connectivity index (χ0) is 15.3. The minimum atomic E-state index is -0.641. The highest BCUT2D eigenvalue weighted by Crippen LogP contribution is 2.26.